The fraction of sp³-hybridized carbons (Fsp3) is 1.00. The van der Waals surface area contributed by atoms with Crippen molar-refractivity contribution in [1.29, 1.82) is 0 Å². The maximum absolute atomic E-state index is 12.2. The lowest BCUT2D eigenvalue weighted by atomic mass is 10.2. The molecule has 1 aliphatic heterocycles. The van der Waals surface area contributed by atoms with Crippen LogP contribution < -0.4 is 5.73 Å². The summed E-state index contributed by atoms with van der Waals surface area (Å²) in [6, 6.07) is 0. The first-order valence-corrected chi connectivity index (χ1v) is 5.12. The van der Waals surface area contributed by atoms with E-state index in [9.17, 15) is 13.2 Å². The van der Waals surface area contributed by atoms with Crippen molar-refractivity contribution in [3.05, 3.63) is 0 Å². The summed E-state index contributed by atoms with van der Waals surface area (Å²) in [5.41, 5.74) is 5.27. The largest absolute Gasteiger partial charge is 0.401 e. The highest BCUT2D eigenvalue weighted by atomic mass is 19.4. The van der Waals surface area contributed by atoms with Gasteiger partial charge in [0, 0.05) is 26.2 Å². The molecule has 0 radical (unpaired) electrons. The minimum Gasteiger partial charge on any atom is -0.377 e. The average Bonchev–Trinajstić information content (AvgIpc) is 2.54. The first-order valence-electron chi connectivity index (χ1n) is 5.12. The van der Waals surface area contributed by atoms with E-state index < -0.39 is 12.7 Å². The zero-order chi connectivity index (χ0) is 11.3. The highest BCUT2D eigenvalue weighted by molar-refractivity contribution is 4.72. The topological polar surface area (TPSA) is 38.5 Å². The van der Waals surface area contributed by atoms with Gasteiger partial charge >= 0.3 is 6.18 Å². The third-order valence-electron chi connectivity index (χ3n) is 2.33. The smallest absolute Gasteiger partial charge is 0.377 e. The normalized spacial score (nSPS) is 22.6. The Balaban J connectivity index is 2.35. The Kier molecular flexibility index (Phi) is 4.82. The lowest BCUT2D eigenvalue weighted by molar-refractivity contribution is -0.148. The number of halogens is 3. The molecule has 15 heavy (non-hydrogen) atoms. The van der Waals surface area contributed by atoms with Crippen LogP contribution in [0.2, 0.25) is 0 Å². The van der Waals surface area contributed by atoms with Crippen molar-refractivity contribution in [3.63, 3.8) is 0 Å². The fourth-order valence-corrected chi connectivity index (χ4v) is 1.75. The molecule has 1 atom stereocenters. The highest BCUT2D eigenvalue weighted by Gasteiger charge is 2.31. The van der Waals surface area contributed by atoms with Crippen LogP contribution in [0, 0.1) is 0 Å². The van der Waals surface area contributed by atoms with Crippen molar-refractivity contribution in [2.45, 2.75) is 25.1 Å². The fourth-order valence-electron chi connectivity index (χ4n) is 1.75. The van der Waals surface area contributed by atoms with Crippen molar-refractivity contribution in [3.8, 4) is 0 Å². The predicted octanol–water partition coefficient (Wildman–Crippen LogP) is 0.988. The Morgan fingerprint density at radius 1 is 1.40 bits per heavy atom. The van der Waals surface area contributed by atoms with Gasteiger partial charge in [0.05, 0.1) is 12.6 Å². The van der Waals surface area contributed by atoms with Crippen LogP contribution in [0.1, 0.15) is 12.8 Å². The van der Waals surface area contributed by atoms with Gasteiger partial charge < -0.3 is 10.5 Å². The monoisotopic (exact) mass is 226 g/mol. The number of rotatable bonds is 5. The van der Waals surface area contributed by atoms with Crippen molar-refractivity contribution < 1.29 is 17.9 Å². The van der Waals surface area contributed by atoms with Crippen LogP contribution >= 0.6 is 0 Å². The quantitative estimate of drug-likeness (QED) is 0.759. The van der Waals surface area contributed by atoms with Crippen molar-refractivity contribution in [2.24, 2.45) is 5.73 Å². The third-order valence-corrected chi connectivity index (χ3v) is 2.33. The van der Waals surface area contributed by atoms with Gasteiger partial charge in [0.15, 0.2) is 0 Å². The van der Waals surface area contributed by atoms with E-state index in [1.54, 1.807) is 0 Å². The number of nitrogens with zero attached hydrogens (tertiary/aromatic N) is 1. The molecule has 0 aromatic rings. The molecule has 1 saturated heterocycles. The van der Waals surface area contributed by atoms with Gasteiger partial charge in [-0.1, -0.05) is 0 Å². The molecule has 0 saturated carbocycles. The van der Waals surface area contributed by atoms with Crippen LogP contribution in [-0.2, 0) is 4.74 Å². The van der Waals surface area contributed by atoms with Gasteiger partial charge in [0.25, 0.3) is 0 Å². The zero-order valence-electron chi connectivity index (χ0n) is 8.59. The summed E-state index contributed by atoms with van der Waals surface area (Å²) < 4.78 is 41.8. The van der Waals surface area contributed by atoms with E-state index in [-0.39, 0.29) is 19.2 Å². The number of hydrogen-bond donors (Lipinski definition) is 1. The molecular weight excluding hydrogens is 209 g/mol. The number of hydrogen-bond acceptors (Lipinski definition) is 3. The Labute approximate surface area is 87.4 Å². The molecule has 1 heterocycles. The first-order chi connectivity index (χ1) is 7.01. The van der Waals surface area contributed by atoms with Gasteiger partial charge in [-0.3, -0.25) is 4.90 Å². The van der Waals surface area contributed by atoms with Crippen molar-refractivity contribution in [2.75, 3.05) is 32.8 Å². The minimum absolute atomic E-state index is 0.0566. The highest BCUT2D eigenvalue weighted by Crippen LogP contribution is 2.19. The van der Waals surface area contributed by atoms with Crippen LogP contribution in [-0.4, -0.2) is 50.0 Å². The van der Waals surface area contributed by atoms with E-state index in [0.29, 0.717) is 13.2 Å². The molecule has 0 bridgehead atoms. The van der Waals surface area contributed by atoms with E-state index >= 15 is 0 Å². The van der Waals surface area contributed by atoms with Gasteiger partial charge in [-0.05, 0) is 12.8 Å². The summed E-state index contributed by atoms with van der Waals surface area (Å²) in [7, 11) is 0. The molecule has 0 aromatic carbocycles. The summed E-state index contributed by atoms with van der Waals surface area (Å²) in [5, 5.41) is 0. The Morgan fingerprint density at radius 2 is 2.13 bits per heavy atom. The number of alkyl halides is 3. The minimum atomic E-state index is -4.16. The lowest BCUT2D eigenvalue weighted by Crippen LogP contribution is -2.41. The van der Waals surface area contributed by atoms with Crippen LogP contribution in [0.5, 0.6) is 0 Å². The predicted molar refractivity (Wildman–Crippen MR) is 50.5 cm³/mol. The second kappa shape index (κ2) is 5.67. The molecule has 0 aliphatic carbocycles. The SMILES string of the molecule is NCCN(CC1CCCO1)CC(F)(F)F. The second-order valence-electron chi connectivity index (χ2n) is 3.77. The standard InChI is InChI=1S/C9H17F3N2O/c10-9(11,12)7-14(4-3-13)6-8-2-1-5-15-8/h8H,1-7,13H2. The average molecular weight is 226 g/mol. The summed E-state index contributed by atoms with van der Waals surface area (Å²) >= 11 is 0. The second-order valence-corrected chi connectivity index (χ2v) is 3.77. The van der Waals surface area contributed by atoms with Gasteiger partial charge in [0.2, 0.25) is 0 Å². The maximum Gasteiger partial charge on any atom is 0.401 e. The van der Waals surface area contributed by atoms with Crippen LogP contribution in [0.25, 0.3) is 0 Å². The van der Waals surface area contributed by atoms with Gasteiger partial charge in [-0.25, -0.2) is 0 Å². The summed E-state index contributed by atoms with van der Waals surface area (Å²) in [6.07, 6.45) is -2.43. The van der Waals surface area contributed by atoms with Gasteiger partial charge in [-0.15, -0.1) is 0 Å². The molecule has 90 valence electrons. The summed E-state index contributed by atoms with van der Waals surface area (Å²) in [5.74, 6) is 0. The van der Waals surface area contributed by atoms with Crippen molar-refractivity contribution >= 4 is 0 Å². The molecule has 2 N–H and O–H groups in total. The summed E-state index contributed by atoms with van der Waals surface area (Å²) in [4.78, 5) is 1.32. The van der Waals surface area contributed by atoms with E-state index in [2.05, 4.69) is 0 Å². The third kappa shape index (κ3) is 5.34. The number of nitrogens with two attached hydrogens (primary N) is 1. The molecule has 3 nitrogen and oxygen atoms in total. The molecule has 0 aromatic heterocycles. The van der Waals surface area contributed by atoms with Crippen LogP contribution in [0.3, 0.4) is 0 Å². The Bertz CT molecular complexity index is 181. The van der Waals surface area contributed by atoms with E-state index in [1.807, 2.05) is 0 Å². The first kappa shape index (κ1) is 12.7. The van der Waals surface area contributed by atoms with Gasteiger partial charge in [0.1, 0.15) is 0 Å². The molecule has 1 fully saturated rings. The van der Waals surface area contributed by atoms with Crippen LogP contribution in [0.15, 0.2) is 0 Å². The molecular formula is C9H17F3N2O. The van der Waals surface area contributed by atoms with E-state index in [4.69, 9.17) is 10.5 Å². The zero-order valence-corrected chi connectivity index (χ0v) is 8.59. The Hall–Kier alpha value is -0.330. The Morgan fingerprint density at radius 3 is 2.60 bits per heavy atom. The molecule has 1 rings (SSSR count). The lowest BCUT2D eigenvalue weighted by Gasteiger charge is -2.25. The molecule has 0 spiro atoms. The molecule has 0 amide bonds. The summed E-state index contributed by atoms with van der Waals surface area (Å²) in [6.45, 7) is 0.593. The molecule has 6 heteroatoms. The molecule has 1 aliphatic rings. The van der Waals surface area contributed by atoms with E-state index in [0.717, 1.165) is 12.8 Å². The maximum atomic E-state index is 12.2. The van der Waals surface area contributed by atoms with Crippen molar-refractivity contribution in [1.82, 2.24) is 4.90 Å². The van der Waals surface area contributed by atoms with Gasteiger partial charge in [-0.2, -0.15) is 13.2 Å². The van der Waals surface area contributed by atoms with E-state index in [1.165, 1.54) is 4.90 Å². The van der Waals surface area contributed by atoms with Crippen LogP contribution in [0.4, 0.5) is 13.2 Å². The number of ether oxygens (including phenoxy) is 1. The molecule has 1 unspecified atom stereocenters.